The summed E-state index contributed by atoms with van der Waals surface area (Å²) in [5, 5.41) is 56.2. The van der Waals surface area contributed by atoms with Gasteiger partial charge in [0.05, 0.1) is 60.1 Å². The van der Waals surface area contributed by atoms with Crippen LogP contribution in [0.5, 0.6) is 11.5 Å². The molecule has 4 atom stereocenters. The van der Waals surface area contributed by atoms with Gasteiger partial charge >= 0.3 is 35.9 Å². The Morgan fingerprint density at radius 3 is 1.08 bits per heavy atom. The highest BCUT2D eigenvalue weighted by Crippen LogP contribution is 2.22. The minimum atomic E-state index is -0.527. The van der Waals surface area contributed by atoms with Crippen molar-refractivity contribution < 1.29 is 72.9 Å². The summed E-state index contributed by atoms with van der Waals surface area (Å²) in [6.07, 6.45) is 4.88. The molecule has 510 valence electrons. The number of ether oxygens (including phenoxy) is 5. The van der Waals surface area contributed by atoms with Gasteiger partial charge in [-0.2, -0.15) is 10.5 Å². The number of phenolic OH excluding ortho intramolecular Hbond substituents is 2. The van der Waals surface area contributed by atoms with Crippen molar-refractivity contribution in [2.24, 2.45) is 34.5 Å². The zero-order valence-electron chi connectivity index (χ0n) is 46.0. The molecule has 0 aromatic heterocycles. The largest absolute Gasteiger partial charge is 0.508 e. The lowest BCUT2D eigenvalue weighted by Crippen LogP contribution is -2.34. The van der Waals surface area contributed by atoms with Crippen LogP contribution in [0.25, 0.3) is 0 Å². The van der Waals surface area contributed by atoms with Crippen LogP contribution in [-0.4, -0.2) is 109 Å². The molecule has 2 aromatic rings. The SMILES string of the molecule is C.C.C.C.C.C.C.C.C.C.C.C.CCC(C)(C)C(=O)OCCNC(=O)Nc1ccc(O)cc1.CCC(C)(C)C(=O)OCCOC(=O)c1ccc(O)cc1.CCC(C)C#N.CCC(C)C#N.CCC(C)C(=O)OCCO.CCC(C)C(=O)OCCO. The van der Waals surface area contributed by atoms with E-state index in [9.17, 15) is 28.8 Å². The number of nitriles is 2. The summed E-state index contributed by atoms with van der Waals surface area (Å²) in [5.74, 6) is -0.952. The van der Waals surface area contributed by atoms with E-state index < -0.39 is 22.8 Å². The van der Waals surface area contributed by atoms with Gasteiger partial charge in [-0.3, -0.25) is 19.2 Å². The molecular weight excluding hydrogens is 1090 g/mol. The number of rotatable bonds is 22. The van der Waals surface area contributed by atoms with Crippen molar-refractivity contribution in [2.75, 3.05) is 58.1 Å². The van der Waals surface area contributed by atoms with Gasteiger partial charge in [0.25, 0.3) is 0 Å². The van der Waals surface area contributed by atoms with Gasteiger partial charge in [-0.1, -0.05) is 145 Å². The third kappa shape index (κ3) is 66.6. The summed E-state index contributed by atoms with van der Waals surface area (Å²) < 4.78 is 24.4. The highest BCUT2D eigenvalue weighted by atomic mass is 16.6. The van der Waals surface area contributed by atoms with Crippen molar-refractivity contribution in [3.05, 3.63) is 54.1 Å². The third-order valence-corrected chi connectivity index (χ3v) is 10.6. The van der Waals surface area contributed by atoms with Crippen molar-refractivity contribution in [1.82, 2.24) is 5.32 Å². The van der Waals surface area contributed by atoms with Gasteiger partial charge in [0.2, 0.25) is 0 Å². The van der Waals surface area contributed by atoms with Crippen LogP contribution in [0.3, 0.4) is 0 Å². The first kappa shape index (κ1) is 121. The first-order valence-electron chi connectivity index (χ1n) is 24.8. The minimum absolute atomic E-state index is 0. The molecule has 2 aromatic carbocycles. The Hall–Kier alpha value is -6.44. The number of anilines is 1. The summed E-state index contributed by atoms with van der Waals surface area (Å²) in [6, 6.07) is 15.7. The van der Waals surface area contributed by atoms with Gasteiger partial charge < -0.3 is 54.7 Å². The number of aliphatic hydroxyl groups is 2. The van der Waals surface area contributed by atoms with Crippen molar-refractivity contribution in [3.63, 3.8) is 0 Å². The molecule has 0 aliphatic heterocycles. The molecule has 0 saturated carbocycles. The van der Waals surface area contributed by atoms with Crippen LogP contribution in [0.15, 0.2) is 48.5 Å². The number of carbonyl (C=O) groups is 6. The number of esters is 5. The molecule has 4 unspecified atom stereocenters. The lowest BCUT2D eigenvalue weighted by molar-refractivity contribution is -0.155. The zero-order valence-corrected chi connectivity index (χ0v) is 46.0. The van der Waals surface area contributed by atoms with Gasteiger partial charge in [-0.05, 0) is 129 Å². The second-order valence-corrected chi connectivity index (χ2v) is 17.6. The van der Waals surface area contributed by atoms with Crippen molar-refractivity contribution in [1.29, 1.82) is 10.5 Å². The molecule has 6 N–H and O–H groups in total. The van der Waals surface area contributed by atoms with E-state index in [0.717, 1.165) is 25.7 Å². The fourth-order valence-corrected chi connectivity index (χ4v) is 3.75. The standard InChI is InChI=1S/C15H22N2O4.C15H20O5.2C7H14O3.2C5H9N.12CH4/c1-4-15(2,3)13(19)21-10-9-16-14(20)17-11-5-7-12(18)8-6-11;1-4-15(2,3)14(18)20-10-9-19-13(17)11-5-7-12(16)8-6-11;2*1-3-6(2)7(9)10-5-4-8;2*1-3-5(2)4-6;;;;;;;;;;;;/h5-8,18H,4,9-10H2,1-3H3,(H2,16,17,20);5-8,16H,4,9-10H2,1-3H3;2*6,8H,3-5H2,1-2H3;2*5H,3H2,1-2H3;12*1H4. The maximum Gasteiger partial charge on any atom is 0.338 e. The summed E-state index contributed by atoms with van der Waals surface area (Å²) >= 11 is 0. The molecule has 0 radical (unpaired) electrons. The van der Waals surface area contributed by atoms with Crippen LogP contribution in [0.4, 0.5) is 10.5 Å². The molecule has 19 nitrogen and oxygen atoms in total. The lowest BCUT2D eigenvalue weighted by atomic mass is 9.91. The number of phenols is 2. The van der Waals surface area contributed by atoms with E-state index in [1.807, 2.05) is 69.2 Å². The Bertz CT molecular complexity index is 1850. The quantitative estimate of drug-likeness (QED) is 0.0276. The minimum Gasteiger partial charge on any atom is -0.508 e. The molecule has 2 amide bonds. The number of hydrogen-bond acceptors (Lipinski definition) is 17. The molecule has 2 rings (SSSR count). The van der Waals surface area contributed by atoms with E-state index in [1.165, 1.54) is 36.4 Å². The highest BCUT2D eigenvalue weighted by Gasteiger charge is 2.28. The van der Waals surface area contributed by atoms with Gasteiger partial charge in [-0.25, -0.2) is 9.59 Å². The molecule has 0 spiro atoms. The average molecular weight is 1230 g/mol. The number of amides is 2. The Kier molecular flexibility index (Phi) is 105. The van der Waals surface area contributed by atoms with E-state index >= 15 is 0 Å². The van der Waals surface area contributed by atoms with Crippen molar-refractivity contribution in [2.45, 2.75) is 225 Å². The summed E-state index contributed by atoms with van der Waals surface area (Å²) in [7, 11) is 0. The van der Waals surface area contributed by atoms with Gasteiger partial charge in [0.1, 0.15) is 44.5 Å². The number of aliphatic hydroxyl groups excluding tert-OH is 2. The van der Waals surface area contributed by atoms with Crippen molar-refractivity contribution in [3.8, 4) is 23.6 Å². The number of aromatic hydroxyl groups is 2. The third-order valence-electron chi connectivity index (χ3n) is 10.6. The predicted octanol–water partition coefficient (Wildman–Crippen LogP) is 16.9. The molecule has 0 fully saturated rings. The fourth-order valence-electron chi connectivity index (χ4n) is 3.75. The van der Waals surface area contributed by atoms with E-state index in [-0.39, 0.29) is 201 Å². The van der Waals surface area contributed by atoms with Crippen LogP contribution in [0, 0.1) is 57.2 Å². The Morgan fingerprint density at radius 1 is 0.482 bits per heavy atom. The summed E-state index contributed by atoms with van der Waals surface area (Å²) in [6.45, 7) is 26.8. The van der Waals surface area contributed by atoms with Crippen molar-refractivity contribution >= 4 is 41.6 Å². The van der Waals surface area contributed by atoms with Gasteiger partial charge in [0, 0.05) is 17.5 Å². The first-order valence-corrected chi connectivity index (χ1v) is 24.8. The zero-order chi connectivity index (χ0) is 57.0. The fraction of sp³-hybridized carbons (Fsp3) is 0.697. The summed E-state index contributed by atoms with van der Waals surface area (Å²) in [5.41, 5.74) is -0.132. The normalized spacial score (nSPS) is 10.0. The summed E-state index contributed by atoms with van der Waals surface area (Å²) in [4.78, 5) is 68.1. The molecular formula is C66H136N4O15. The van der Waals surface area contributed by atoms with Gasteiger partial charge in [-0.15, -0.1) is 0 Å². The van der Waals surface area contributed by atoms with Crippen LogP contribution >= 0.6 is 0 Å². The Labute approximate surface area is 523 Å². The second kappa shape index (κ2) is 73.7. The molecule has 85 heavy (non-hydrogen) atoms. The number of benzene rings is 2. The topological polar surface area (TPSA) is 301 Å². The predicted molar refractivity (Wildman–Crippen MR) is 359 cm³/mol. The number of nitrogens with one attached hydrogen (secondary N) is 2. The molecule has 0 saturated heterocycles. The highest BCUT2D eigenvalue weighted by molar-refractivity contribution is 5.90. The molecule has 0 aliphatic carbocycles. The molecule has 0 aliphatic rings. The average Bonchev–Trinajstić information content (AvgIpc) is 3.39. The number of carbonyl (C=O) groups excluding carboxylic acids is 6. The maximum absolute atomic E-state index is 11.7. The molecule has 0 bridgehead atoms. The molecule has 19 heteroatoms. The van der Waals surface area contributed by atoms with E-state index in [2.05, 4.69) is 32.2 Å². The van der Waals surface area contributed by atoms with Crippen LogP contribution in [-0.2, 0) is 42.9 Å². The van der Waals surface area contributed by atoms with E-state index in [4.69, 9.17) is 45.2 Å². The maximum atomic E-state index is 11.7. The van der Waals surface area contributed by atoms with Crippen LogP contribution < -0.4 is 10.6 Å². The number of hydrogen-bond donors (Lipinski definition) is 6. The Balaban J connectivity index is -0.0000000494. The monoisotopic (exact) mass is 1230 g/mol. The first-order chi connectivity index (χ1) is 34.3. The number of urea groups is 1. The van der Waals surface area contributed by atoms with E-state index in [0.29, 0.717) is 24.1 Å². The molecule has 0 heterocycles. The second-order valence-electron chi connectivity index (χ2n) is 17.6. The smallest absolute Gasteiger partial charge is 0.338 e. The van der Waals surface area contributed by atoms with E-state index in [1.54, 1.807) is 39.8 Å². The Morgan fingerprint density at radius 2 is 0.800 bits per heavy atom. The van der Waals surface area contributed by atoms with Gasteiger partial charge in [0.15, 0.2) is 0 Å². The van der Waals surface area contributed by atoms with Crippen LogP contribution in [0.2, 0.25) is 0 Å². The lowest BCUT2D eigenvalue weighted by Gasteiger charge is -2.20. The number of nitrogens with zero attached hydrogens (tertiary/aromatic N) is 2. The van der Waals surface area contributed by atoms with Crippen LogP contribution in [0.1, 0.15) is 235 Å².